The van der Waals surface area contributed by atoms with Crippen LogP contribution in [0, 0.1) is 0 Å². The summed E-state index contributed by atoms with van der Waals surface area (Å²) in [6.45, 7) is 6.68. The second-order valence-electron chi connectivity index (χ2n) is 4.36. The molecule has 92 valence electrons. The van der Waals surface area contributed by atoms with Gasteiger partial charge < -0.3 is 13.3 Å². The first kappa shape index (κ1) is 15.4. The largest absolute Gasteiger partial charge is 0.500 e. The highest BCUT2D eigenvalue weighted by Gasteiger charge is 2.36. The number of rotatable bonds is 7. The monoisotopic (exact) mass is 252 g/mol. The molecule has 0 aromatic rings. The molecule has 0 aliphatic carbocycles. The van der Waals surface area contributed by atoms with E-state index < -0.39 is 8.80 Å². The smallest absolute Gasteiger partial charge is 0.377 e. The molecule has 0 rings (SSSR count). The molecule has 0 saturated heterocycles. The van der Waals surface area contributed by atoms with Crippen LogP contribution < -0.4 is 0 Å². The van der Waals surface area contributed by atoms with Crippen molar-refractivity contribution in [3.8, 4) is 0 Å². The van der Waals surface area contributed by atoms with E-state index in [0.717, 1.165) is 18.2 Å². The zero-order valence-corrected chi connectivity index (χ0v) is 12.6. The normalized spacial score (nSPS) is 13.2. The van der Waals surface area contributed by atoms with Gasteiger partial charge in [0.25, 0.3) is 0 Å². The Hall–Kier alpha value is 0.447. The highest BCUT2D eigenvalue weighted by Crippen LogP contribution is 2.25. The lowest BCUT2D eigenvalue weighted by atomic mass is 10.3. The molecular formula is C10H24O3SSi. The minimum absolute atomic E-state index is 0.331. The summed E-state index contributed by atoms with van der Waals surface area (Å²) in [5.41, 5.74) is 0. The van der Waals surface area contributed by atoms with Crippen molar-refractivity contribution < 1.29 is 13.3 Å². The van der Waals surface area contributed by atoms with Gasteiger partial charge in [-0.1, -0.05) is 20.8 Å². The van der Waals surface area contributed by atoms with Gasteiger partial charge in [0.2, 0.25) is 0 Å². The van der Waals surface area contributed by atoms with Crippen molar-refractivity contribution in [1.82, 2.24) is 0 Å². The van der Waals surface area contributed by atoms with E-state index in [1.54, 1.807) is 21.3 Å². The molecule has 0 amide bonds. The topological polar surface area (TPSA) is 27.7 Å². The third-order valence-corrected chi connectivity index (χ3v) is 6.29. The van der Waals surface area contributed by atoms with E-state index in [1.807, 2.05) is 11.8 Å². The number of hydrogen-bond acceptors (Lipinski definition) is 4. The molecule has 5 heteroatoms. The molecule has 0 saturated carbocycles. The second-order valence-corrected chi connectivity index (χ2v) is 9.37. The first-order valence-electron chi connectivity index (χ1n) is 5.18. The molecule has 0 bridgehead atoms. The maximum atomic E-state index is 5.35. The van der Waals surface area contributed by atoms with Crippen LogP contribution in [0.3, 0.4) is 0 Å². The van der Waals surface area contributed by atoms with E-state index in [1.165, 1.54) is 0 Å². The van der Waals surface area contributed by atoms with Gasteiger partial charge >= 0.3 is 8.80 Å². The van der Waals surface area contributed by atoms with Crippen LogP contribution in [0.4, 0.5) is 0 Å². The van der Waals surface area contributed by atoms with Crippen LogP contribution in [-0.2, 0) is 13.3 Å². The average molecular weight is 252 g/mol. The number of hydrogen-bond donors (Lipinski definition) is 0. The van der Waals surface area contributed by atoms with Crippen LogP contribution >= 0.6 is 11.8 Å². The molecule has 0 N–H and O–H groups in total. The molecule has 0 aromatic carbocycles. The summed E-state index contributed by atoms with van der Waals surface area (Å²) in [6.07, 6.45) is 1.07. The van der Waals surface area contributed by atoms with Crippen LogP contribution in [0.15, 0.2) is 0 Å². The highest BCUT2D eigenvalue weighted by molar-refractivity contribution is 8.00. The van der Waals surface area contributed by atoms with Gasteiger partial charge in [-0.3, -0.25) is 0 Å². The Labute approximate surface area is 99.2 Å². The van der Waals surface area contributed by atoms with Gasteiger partial charge in [-0.15, -0.1) is 0 Å². The molecule has 0 aliphatic heterocycles. The fourth-order valence-electron chi connectivity index (χ4n) is 1.22. The summed E-state index contributed by atoms with van der Waals surface area (Å²) in [7, 11) is 2.66. The van der Waals surface area contributed by atoms with Crippen LogP contribution in [0.1, 0.15) is 27.2 Å². The second kappa shape index (κ2) is 6.91. The summed E-state index contributed by atoms with van der Waals surface area (Å²) >= 11 is 1.96. The molecule has 0 atom stereocenters. The van der Waals surface area contributed by atoms with Crippen molar-refractivity contribution in [3.05, 3.63) is 0 Å². The van der Waals surface area contributed by atoms with Gasteiger partial charge in [0, 0.05) is 32.1 Å². The van der Waals surface area contributed by atoms with Crippen LogP contribution in [-0.4, -0.2) is 40.6 Å². The van der Waals surface area contributed by atoms with Crippen molar-refractivity contribution in [2.75, 3.05) is 27.1 Å². The summed E-state index contributed by atoms with van der Waals surface area (Å²) < 4.78 is 16.4. The fourth-order valence-corrected chi connectivity index (χ4v) is 4.10. The summed E-state index contributed by atoms with van der Waals surface area (Å²) in [4.78, 5) is 0. The first-order chi connectivity index (χ1) is 6.89. The Bertz CT molecular complexity index is 158. The lowest BCUT2D eigenvalue weighted by Gasteiger charge is -2.25. The van der Waals surface area contributed by atoms with Gasteiger partial charge in [0.1, 0.15) is 0 Å². The van der Waals surface area contributed by atoms with Gasteiger partial charge in [0.15, 0.2) is 0 Å². The third-order valence-electron chi connectivity index (χ3n) is 2.10. The Balaban J connectivity index is 3.82. The van der Waals surface area contributed by atoms with E-state index >= 15 is 0 Å². The molecule has 3 nitrogen and oxygen atoms in total. The molecule has 0 fully saturated rings. The summed E-state index contributed by atoms with van der Waals surface area (Å²) in [6, 6.07) is 0.888. The minimum atomic E-state index is -2.33. The minimum Gasteiger partial charge on any atom is -0.377 e. The molecule has 0 heterocycles. The van der Waals surface area contributed by atoms with Gasteiger partial charge in [-0.05, 0) is 12.2 Å². The molecule has 0 spiro atoms. The number of thioether (sulfide) groups is 1. The van der Waals surface area contributed by atoms with E-state index in [4.69, 9.17) is 13.3 Å². The fraction of sp³-hybridized carbons (Fsp3) is 1.00. The summed E-state index contributed by atoms with van der Waals surface area (Å²) in [5.74, 6) is 1.12. The molecular weight excluding hydrogens is 228 g/mol. The Morgan fingerprint density at radius 3 is 1.80 bits per heavy atom. The van der Waals surface area contributed by atoms with E-state index in [-0.39, 0.29) is 0 Å². The van der Waals surface area contributed by atoms with E-state index in [2.05, 4.69) is 20.8 Å². The lowest BCUT2D eigenvalue weighted by molar-refractivity contribution is 0.123. The first-order valence-corrected chi connectivity index (χ1v) is 8.10. The van der Waals surface area contributed by atoms with Crippen molar-refractivity contribution in [1.29, 1.82) is 0 Å². The van der Waals surface area contributed by atoms with Crippen molar-refractivity contribution >= 4 is 20.6 Å². The van der Waals surface area contributed by atoms with Crippen molar-refractivity contribution in [2.24, 2.45) is 0 Å². The quantitative estimate of drug-likeness (QED) is 0.514. The van der Waals surface area contributed by atoms with Gasteiger partial charge in [-0.25, -0.2) is 0 Å². The Morgan fingerprint density at radius 1 is 1.00 bits per heavy atom. The van der Waals surface area contributed by atoms with Crippen LogP contribution in [0.5, 0.6) is 0 Å². The zero-order valence-electron chi connectivity index (χ0n) is 10.8. The van der Waals surface area contributed by atoms with E-state index in [9.17, 15) is 0 Å². The predicted octanol–water partition coefficient (Wildman–Crippen LogP) is 2.79. The van der Waals surface area contributed by atoms with Crippen molar-refractivity contribution in [2.45, 2.75) is 38.0 Å². The molecule has 0 aromatic heterocycles. The standard InChI is InChI=1S/C10H24O3SSi/c1-10(2,3)14-8-7-9-15(11-4,12-5)13-6/h7-9H2,1-6H3. The third kappa shape index (κ3) is 6.58. The van der Waals surface area contributed by atoms with Crippen molar-refractivity contribution in [3.63, 3.8) is 0 Å². The molecule has 15 heavy (non-hydrogen) atoms. The predicted molar refractivity (Wildman–Crippen MR) is 68.4 cm³/mol. The van der Waals surface area contributed by atoms with Crippen LogP contribution in [0.25, 0.3) is 0 Å². The average Bonchev–Trinajstić information content (AvgIpc) is 2.18. The molecule has 0 unspecified atom stereocenters. The zero-order chi connectivity index (χ0) is 11.9. The molecule has 0 aliphatic rings. The molecule has 0 radical (unpaired) electrons. The van der Waals surface area contributed by atoms with Gasteiger partial charge in [0.05, 0.1) is 0 Å². The maximum Gasteiger partial charge on any atom is 0.500 e. The Morgan fingerprint density at radius 2 is 1.47 bits per heavy atom. The maximum absolute atomic E-state index is 5.35. The highest BCUT2D eigenvalue weighted by atomic mass is 32.2. The van der Waals surface area contributed by atoms with Gasteiger partial charge in [-0.2, -0.15) is 11.8 Å². The van der Waals surface area contributed by atoms with Crippen LogP contribution in [0.2, 0.25) is 6.04 Å². The van der Waals surface area contributed by atoms with E-state index in [0.29, 0.717) is 4.75 Å². The SMILES string of the molecule is CO[Si](CCCSC(C)(C)C)(OC)OC. The summed E-state index contributed by atoms with van der Waals surface area (Å²) in [5, 5.41) is 0. The Kier molecular flexibility index (Phi) is 7.11. The lowest BCUT2D eigenvalue weighted by Crippen LogP contribution is -2.42.